The lowest BCUT2D eigenvalue weighted by atomic mass is 10.1. The number of methoxy groups -OCH3 is 3. The van der Waals surface area contributed by atoms with Crippen LogP contribution in [0.25, 0.3) is 6.08 Å². The van der Waals surface area contributed by atoms with Crippen LogP contribution in [0.15, 0.2) is 24.4 Å². The first-order chi connectivity index (χ1) is 10.6. The van der Waals surface area contributed by atoms with Crippen molar-refractivity contribution in [2.45, 2.75) is 0 Å². The van der Waals surface area contributed by atoms with Gasteiger partial charge >= 0.3 is 0 Å². The number of nitrogens with zero attached hydrogens (tertiary/aromatic N) is 3. The van der Waals surface area contributed by atoms with Crippen LogP contribution in [0.1, 0.15) is 16.1 Å². The fourth-order valence-corrected chi connectivity index (χ4v) is 1.97. The smallest absolute Gasteiger partial charge is 0.207 e. The molecule has 0 unspecified atom stereocenters. The highest BCUT2D eigenvalue weighted by Crippen LogP contribution is 2.40. The molecule has 0 N–H and O–H groups in total. The monoisotopic (exact) mass is 303 g/mol. The topological polar surface area (TPSA) is 75.5 Å². The van der Waals surface area contributed by atoms with Crippen LogP contribution in [0.5, 0.6) is 17.2 Å². The molecule has 116 valence electrons. The van der Waals surface area contributed by atoms with E-state index in [1.54, 1.807) is 32.4 Å². The number of allylic oxidation sites excluding steroid dienone is 1. The predicted octanol–water partition coefficient (Wildman–Crippen LogP) is 1.74. The predicted molar refractivity (Wildman–Crippen MR) is 80.5 cm³/mol. The average Bonchev–Trinajstić information content (AvgIpc) is 2.97. The van der Waals surface area contributed by atoms with Gasteiger partial charge in [0, 0.05) is 12.6 Å². The first-order valence-electron chi connectivity index (χ1n) is 6.48. The van der Waals surface area contributed by atoms with Crippen LogP contribution in [0.3, 0.4) is 0 Å². The summed E-state index contributed by atoms with van der Waals surface area (Å²) in [6, 6.07) is 3.52. The summed E-state index contributed by atoms with van der Waals surface area (Å²) < 4.78 is 15.9. The standard InChI is InChI=1S/C15H17N3O4/c1-18-16-9-11(17-18)12(19)7-5-10-6-8-13(20-2)15(22-4)14(10)21-3/h5-9H,1-4H3/b7-5+. The second-order valence-electron chi connectivity index (χ2n) is 4.34. The van der Waals surface area contributed by atoms with Crippen LogP contribution in [0.2, 0.25) is 0 Å². The largest absolute Gasteiger partial charge is 0.493 e. The van der Waals surface area contributed by atoms with E-state index in [1.165, 1.54) is 31.3 Å². The molecule has 1 aromatic carbocycles. The maximum atomic E-state index is 12.0. The van der Waals surface area contributed by atoms with Crippen LogP contribution < -0.4 is 14.2 Å². The van der Waals surface area contributed by atoms with E-state index in [9.17, 15) is 4.79 Å². The van der Waals surface area contributed by atoms with E-state index < -0.39 is 0 Å². The number of aromatic nitrogens is 3. The Balaban J connectivity index is 2.32. The van der Waals surface area contributed by atoms with Crippen molar-refractivity contribution >= 4 is 11.9 Å². The third-order valence-electron chi connectivity index (χ3n) is 3.00. The fraction of sp³-hybridized carbons (Fsp3) is 0.267. The Labute approximate surface area is 128 Å². The zero-order valence-electron chi connectivity index (χ0n) is 12.9. The summed E-state index contributed by atoms with van der Waals surface area (Å²) in [5.74, 6) is 1.27. The summed E-state index contributed by atoms with van der Waals surface area (Å²) in [6.07, 6.45) is 4.46. The molecule has 0 bridgehead atoms. The molecule has 7 heteroatoms. The Hall–Kier alpha value is -2.83. The third kappa shape index (κ3) is 3.08. The average molecular weight is 303 g/mol. The molecule has 2 rings (SSSR count). The van der Waals surface area contributed by atoms with E-state index in [-0.39, 0.29) is 11.5 Å². The van der Waals surface area contributed by atoms with Crippen molar-refractivity contribution in [3.05, 3.63) is 35.7 Å². The number of hydrogen-bond donors (Lipinski definition) is 0. The molecule has 0 aliphatic heterocycles. The van der Waals surface area contributed by atoms with Gasteiger partial charge in [0.15, 0.2) is 17.2 Å². The van der Waals surface area contributed by atoms with Gasteiger partial charge in [-0.05, 0) is 24.3 Å². The number of ketones is 1. The second-order valence-corrected chi connectivity index (χ2v) is 4.34. The summed E-state index contributed by atoms with van der Waals surface area (Å²) in [5, 5.41) is 7.82. The van der Waals surface area contributed by atoms with E-state index in [0.29, 0.717) is 22.8 Å². The maximum Gasteiger partial charge on any atom is 0.207 e. The molecule has 0 saturated heterocycles. The van der Waals surface area contributed by atoms with Crippen molar-refractivity contribution in [3.8, 4) is 17.2 Å². The molecule has 0 aliphatic rings. The van der Waals surface area contributed by atoms with Gasteiger partial charge < -0.3 is 14.2 Å². The van der Waals surface area contributed by atoms with E-state index in [2.05, 4.69) is 10.2 Å². The molecular formula is C15H17N3O4. The van der Waals surface area contributed by atoms with Gasteiger partial charge in [0.1, 0.15) is 0 Å². The van der Waals surface area contributed by atoms with Gasteiger partial charge in [-0.1, -0.05) is 0 Å². The first kappa shape index (κ1) is 15.6. The number of benzene rings is 1. The molecular weight excluding hydrogens is 286 g/mol. The van der Waals surface area contributed by atoms with Gasteiger partial charge in [-0.25, -0.2) is 0 Å². The molecule has 22 heavy (non-hydrogen) atoms. The van der Waals surface area contributed by atoms with Gasteiger partial charge in [0.2, 0.25) is 11.5 Å². The third-order valence-corrected chi connectivity index (χ3v) is 3.00. The van der Waals surface area contributed by atoms with E-state index in [0.717, 1.165) is 0 Å². The van der Waals surface area contributed by atoms with Gasteiger partial charge in [-0.2, -0.15) is 15.0 Å². The summed E-state index contributed by atoms with van der Waals surface area (Å²) in [5.41, 5.74) is 0.968. The Morgan fingerprint density at radius 1 is 1.14 bits per heavy atom. The van der Waals surface area contributed by atoms with Crippen LogP contribution in [0.4, 0.5) is 0 Å². The van der Waals surface area contributed by atoms with Gasteiger partial charge in [-0.3, -0.25) is 4.79 Å². The lowest BCUT2D eigenvalue weighted by Gasteiger charge is -2.13. The Morgan fingerprint density at radius 3 is 2.41 bits per heavy atom. The number of hydrogen-bond acceptors (Lipinski definition) is 6. The molecule has 1 aromatic heterocycles. The minimum Gasteiger partial charge on any atom is -0.493 e. The number of ether oxygens (including phenoxy) is 3. The molecule has 0 fully saturated rings. The van der Waals surface area contributed by atoms with Crippen molar-refractivity contribution in [1.29, 1.82) is 0 Å². The normalized spacial score (nSPS) is 10.7. The van der Waals surface area contributed by atoms with Crippen LogP contribution in [-0.2, 0) is 7.05 Å². The van der Waals surface area contributed by atoms with E-state index >= 15 is 0 Å². The quantitative estimate of drug-likeness (QED) is 0.597. The van der Waals surface area contributed by atoms with E-state index in [1.807, 2.05) is 0 Å². The van der Waals surface area contributed by atoms with Crippen LogP contribution in [-0.4, -0.2) is 42.1 Å². The highest BCUT2D eigenvalue weighted by atomic mass is 16.5. The number of rotatable bonds is 6. The molecule has 0 spiro atoms. The van der Waals surface area contributed by atoms with Gasteiger partial charge in [-0.15, -0.1) is 0 Å². The lowest BCUT2D eigenvalue weighted by molar-refractivity contribution is 0.104. The minimum absolute atomic E-state index is 0.245. The molecule has 0 amide bonds. The van der Waals surface area contributed by atoms with E-state index in [4.69, 9.17) is 14.2 Å². The number of carbonyl (C=O) groups excluding carboxylic acids is 1. The van der Waals surface area contributed by atoms with Gasteiger partial charge in [0.25, 0.3) is 0 Å². The second kappa shape index (κ2) is 6.75. The van der Waals surface area contributed by atoms with Crippen molar-refractivity contribution in [3.63, 3.8) is 0 Å². The Kier molecular flexibility index (Phi) is 4.77. The van der Waals surface area contributed by atoms with Crippen LogP contribution >= 0.6 is 0 Å². The van der Waals surface area contributed by atoms with Crippen LogP contribution in [0, 0.1) is 0 Å². The van der Waals surface area contributed by atoms with Crippen molar-refractivity contribution in [2.24, 2.45) is 7.05 Å². The summed E-state index contributed by atoms with van der Waals surface area (Å²) >= 11 is 0. The maximum absolute atomic E-state index is 12.0. The molecule has 7 nitrogen and oxygen atoms in total. The highest BCUT2D eigenvalue weighted by Gasteiger charge is 2.14. The number of aryl methyl sites for hydroxylation is 1. The molecule has 2 aromatic rings. The summed E-state index contributed by atoms with van der Waals surface area (Å²) in [6.45, 7) is 0. The molecule has 0 saturated carbocycles. The molecule has 0 radical (unpaired) electrons. The summed E-state index contributed by atoms with van der Waals surface area (Å²) in [7, 11) is 6.25. The van der Waals surface area contributed by atoms with Crippen molar-refractivity contribution < 1.29 is 19.0 Å². The Bertz CT molecular complexity index is 707. The van der Waals surface area contributed by atoms with Crippen molar-refractivity contribution in [2.75, 3.05) is 21.3 Å². The zero-order valence-corrected chi connectivity index (χ0v) is 12.9. The number of carbonyl (C=O) groups is 1. The van der Waals surface area contributed by atoms with Gasteiger partial charge in [0.05, 0.1) is 27.5 Å². The summed E-state index contributed by atoms with van der Waals surface area (Å²) in [4.78, 5) is 13.3. The Morgan fingerprint density at radius 2 is 1.86 bits per heavy atom. The SMILES string of the molecule is COc1ccc(/C=C/C(=O)c2cnn(C)n2)c(OC)c1OC. The fourth-order valence-electron chi connectivity index (χ4n) is 1.97. The molecule has 0 atom stereocenters. The van der Waals surface area contributed by atoms with Crippen molar-refractivity contribution in [1.82, 2.24) is 15.0 Å². The minimum atomic E-state index is -0.245. The zero-order chi connectivity index (χ0) is 16.1. The lowest BCUT2D eigenvalue weighted by Crippen LogP contribution is -1.99. The molecule has 0 aliphatic carbocycles. The highest BCUT2D eigenvalue weighted by molar-refractivity contribution is 6.05. The molecule has 1 heterocycles. The first-order valence-corrected chi connectivity index (χ1v) is 6.48.